The number of hydrogen-bond donors (Lipinski definition) is 1. The summed E-state index contributed by atoms with van der Waals surface area (Å²) in [5.74, 6) is 0.874. The molecule has 0 radical (unpaired) electrons. The van der Waals surface area contributed by atoms with E-state index < -0.39 is 0 Å². The molecule has 0 saturated carbocycles. The van der Waals surface area contributed by atoms with Crippen molar-refractivity contribution >= 4 is 39.3 Å². The minimum Gasteiger partial charge on any atom is -0.378 e. The Morgan fingerprint density at radius 1 is 1.24 bits per heavy atom. The van der Waals surface area contributed by atoms with Crippen molar-refractivity contribution in [1.29, 1.82) is 0 Å². The highest BCUT2D eigenvalue weighted by Crippen LogP contribution is 2.36. The Morgan fingerprint density at radius 3 is 2.79 bits per heavy atom. The normalized spacial score (nSPS) is 15.3. The number of thiophene rings is 1. The van der Waals surface area contributed by atoms with E-state index in [2.05, 4.69) is 20.1 Å². The Bertz CT molecular complexity index is 1380. The molecule has 0 aliphatic carbocycles. The molecule has 1 saturated heterocycles. The van der Waals surface area contributed by atoms with Crippen molar-refractivity contribution < 1.29 is 9.13 Å². The van der Waals surface area contributed by atoms with E-state index in [1.54, 1.807) is 6.07 Å². The summed E-state index contributed by atoms with van der Waals surface area (Å²) in [7, 11) is 0. The summed E-state index contributed by atoms with van der Waals surface area (Å²) < 4.78 is 21.4. The topological polar surface area (TPSA) is 88.9 Å². The molecule has 1 fully saturated rings. The molecule has 5 rings (SSSR count). The van der Waals surface area contributed by atoms with Gasteiger partial charge in [-0.25, -0.2) is 9.37 Å². The van der Waals surface area contributed by atoms with Gasteiger partial charge in [-0.3, -0.25) is 9.36 Å². The van der Waals surface area contributed by atoms with Crippen molar-refractivity contribution in [1.82, 2.24) is 24.7 Å². The number of fused-ring (bicyclic) bond motifs is 1. The number of hydrogen-bond acceptors (Lipinski definition) is 8. The highest BCUT2D eigenvalue weighted by atomic mass is 32.2. The lowest BCUT2D eigenvalue weighted by Gasteiger charge is -2.28. The first-order chi connectivity index (χ1) is 15.9. The summed E-state index contributed by atoms with van der Waals surface area (Å²) in [6.07, 6.45) is 0. The molecular formula is C22H23FN6O2S2. The third-order valence-electron chi connectivity index (χ3n) is 5.70. The van der Waals surface area contributed by atoms with Crippen LogP contribution in [0.4, 0.5) is 10.3 Å². The number of aryl methyl sites for hydroxylation is 2. The lowest BCUT2D eigenvalue weighted by atomic mass is 10.2. The van der Waals surface area contributed by atoms with Crippen LogP contribution in [0, 0.1) is 19.7 Å². The van der Waals surface area contributed by atoms with Crippen molar-refractivity contribution in [2.75, 3.05) is 31.2 Å². The molecule has 0 amide bonds. The Hall–Kier alpha value is -2.76. The van der Waals surface area contributed by atoms with Gasteiger partial charge >= 0.3 is 0 Å². The van der Waals surface area contributed by atoms with Gasteiger partial charge in [-0.05, 0) is 44.5 Å². The summed E-state index contributed by atoms with van der Waals surface area (Å²) in [6, 6.07) is 6.37. The van der Waals surface area contributed by atoms with E-state index >= 15 is 0 Å². The molecule has 1 aliphatic rings. The zero-order valence-electron chi connectivity index (χ0n) is 18.5. The van der Waals surface area contributed by atoms with Crippen LogP contribution in [0.15, 0.2) is 34.2 Å². The Labute approximate surface area is 197 Å². The van der Waals surface area contributed by atoms with Crippen molar-refractivity contribution in [3.8, 4) is 5.69 Å². The average Bonchev–Trinajstić information content (AvgIpc) is 3.35. The minimum atomic E-state index is -0.335. The van der Waals surface area contributed by atoms with Gasteiger partial charge in [0.1, 0.15) is 16.5 Å². The number of thioether (sulfide) groups is 1. The van der Waals surface area contributed by atoms with Crippen molar-refractivity contribution in [2.24, 2.45) is 0 Å². The molecule has 4 aromatic rings. The van der Waals surface area contributed by atoms with Crippen LogP contribution in [0.2, 0.25) is 0 Å². The number of halogens is 1. The SMILES string of the molecule is Cc1sc2nc(C(C)Sc3nnc(N4CCOCC4)n3-c3cccc(F)c3)[nH]c(=O)c2c1C. The maximum absolute atomic E-state index is 14.1. The summed E-state index contributed by atoms with van der Waals surface area (Å²) in [6.45, 7) is 8.44. The fourth-order valence-electron chi connectivity index (χ4n) is 3.83. The van der Waals surface area contributed by atoms with Gasteiger partial charge in [0.2, 0.25) is 5.95 Å². The number of benzene rings is 1. The molecule has 11 heteroatoms. The smallest absolute Gasteiger partial charge is 0.259 e. The molecule has 0 spiro atoms. The van der Waals surface area contributed by atoms with Gasteiger partial charge in [0, 0.05) is 18.0 Å². The van der Waals surface area contributed by atoms with Crippen LogP contribution < -0.4 is 10.5 Å². The number of aromatic amines is 1. The molecular weight excluding hydrogens is 463 g/mol. The monoisotopic (exact) mass is 486 g/mol. The highest BCUT2D eigenvalue weighted by molar-refractivity contribution is 7.99. The zero-order valence-corrected chi connectivity index (χ0v) is 20.1. The van der Waals surface area contributed by atoms with E-state index in [0.29, 0.717) is 54.3 Å². The van der Waals surface area contributed by atoms with Crippen LogP contribution in [0.25, 0.3) is 15.9 Å². The maximum atomic E-state index is 14.1. The van der Waals surface area contributed by atoms with Crippen LogP contribution in [0.3, 0.4) is 0 Å². The lowest BCUT2D eigenvalue weighted by molar-refractivity contribution is 0.122. The molecule has 33 heavy (non-hydrogen) atoms. The van der Waals surface area contributed by atoms with E-state index in [4.69, 9.17) is 9.72 Å². The molecule has 8 nitrogen and oxygen atoms in total. The number of H-pyrrole nitrogens is 1. The Morgan fingerprint density at radius 2 is 2.03 bits per heavy atom. The third-order valence-corrected chi connectivity index (χ3v) is 7.85. The maximum Gasteiger partial charge on any atom is 0.259 e. The van der Waals surface area contributed by atoms with Crippen molar-refractivity contribution in [3.63, 3.8) is 0 Å². The highest BCUT2D eigenvalue weighted by Gasteiger charge is 2.25. The van der Waals surface area contributed by atoms with Gasteiger partial charge in [0.05, 0.1) is 29.5 Å². The molecule has 1 aliphatic heterocycles. The predicted octanol–water partition coefficient (Wildman–Crippen LogP) is 4.01. The fourth-order valence-corrected chi connectivity index (χ4v) is 5.78. The second-order valence-corrected chi connectivity index (χ2v) is 10.4. The van der Waals surface area contributed by atoms with Gasteiger partial charge in [-0.1, -0.05) is 17.8 Å². The first-order valence-corrected chi connectivity index (χ1v) is 12.3. The summed E-state index contributed by atoms with van der Waals surface area (Å²) in [5, 5.41) is 9.88. The van der Waals surface area contributed by atoms with Gasteiger partial charge in [-0.15, -0.1) is 21.5 Å². The molecule has 172 valence electrons. The van der Waals surface area contributed by atoms with Gasteiger partial charge in [-0.2, -0.15) is 0 Å². The van der Waals surface area contributed by atoms with E-state index in [-0.39, 0.29) is 16.6 Å². The molecule has 0 bridgehead atoms. The number of aromatic nitrogens is 5. The van der Waals surface area contributed by atoms with E-state index in [0.717, 1.165) is 15.3 Å². The van der Waals surface area contributed by atoms with E-state index in [1.807, 2.05) is 31.4 Å². The molecule has 1 aromatic carbocycles. The van der Waals surface area contributed by atoms with Crippen LogP contribution >= 0.6 is 23.1 Å². The molecule has 1 atom stereocenters. The third kappa shape index (κ3) is 4.16. The largest absolute Gasteiger partial charge is 0.378 e. The number of anilines is 1. The molecule has 4 heterocycles. The number of nitrogens with one attached hydrogen (secondary N) is 1. The van der Waals surface area contributed by atoms with Gasteiger partial charge in [0.15, 0.2) is 5.16 Å². The van der Waals surface area contributed by atoms with Crippen LogP contribution in [0.1, 0.15) is 28.4 Å². The van der Waals surface area contributed by atoms with Crippen LogP contribution in [-0.4, -0.2) is 51.0 Å². The number of nitrogens with zero attached hydrogens (tertiary/aromatic N) is 5. The average molecular weight is 487 g/mol. The zero-order chi connectivity index (χ0) is 23.1. The second kappa shape index (κ2) is 8.88. The fraction of sp³-hybridized carbons (Fsp3) is 0.364. The number of rotatable bonds is 5. The summed E-state index contributed by atoms with van der Waals surface area (Å²) in [4.78, 5) is 24.3. The van der Waals surface area contributed by atoms with Crippen molar-refractivity contribution in [2.45, 2.75) is 31.2 Å². The van der Waals surface area contributed by atoms with Gasteiger partial charge in [0.25, 0.3) is 5.56 Å². The standard InChI is InChI=1S/C22H23FN6O2S2/c1-12-13(2)32-20-17(12)19(30)24-18(25-20)14(3)33-22-27-26-21(28-7-9-31-10-8-28)29(22)16-6-4-5-15(23)11-16/h4-6,11,14H,7-10H2,1-3H3,(H,24,25,30). The number of morpholine rings is 1. The van der Waals surface area contributed by atoms with E-state index in [9.17, 15) is 9.18 Å². The Balaban J connectivity index is 1.53. The lowest BCUT2D eigenvalue weighted by Crippen LogP contribution is -2.37. The Kier molecular flexibility index (Phi) is 5.94. The summed E-state index contributed by atoms with van der Waals surface area (Å²) in [5.41, 5.74) is 1.47. The first-order valence-electron chi connectivity index (χ1n) is 10.6. The number of ether oxygens (including phenoxy) is 1. The van der Waals surface area contributed by atoms with Crippen LogP contribution in [-0.2, 0) is 4.74 Å². The minimum absolute atomic E-state index is 0.134. The summed E-state index contributed by atoms with van der Waals surface area (Å²) >= 11 is 2.94. The second-order valence-electron chi connectivity index (χ2n) is 7.87. The van der Waals surface area contributed by atoms with E-state index in [1.165, 1.54) is 35.2 Å². The quantitative estimate of drug-likeness (QED) is 0.426. The van der Waals surface area contributed by atoms with Crippen LogP contribution in [0.5, 0.6) is 0 Å². The van der Waals surface area contributed by atoms with Gasteiger partial charge < -0.3 is 14.6 Å². The molecule has 3 aromatic heterocycles. The molecule has 1 N–H and O–H groups in total. The molecule has 1 unspecified atom stereocenters. The predicted molar refractivity (Wildman–Crippen MR) is 128 cm³/mol. The van der Waals surface area contributed by atoms with Crippen molar-refractivity contribution in [3.05, 3.63) is 56.7 Å². The first kappa shape index (κ1) is 22.1.